The van der Waals surface area contributed by atoms with Gasteiger partial charge < -0.3 is 14.6 Å². The van der Waals surface area contributed by atoms with Crippen LogP contribution in [0.5, 0.6) is 11.6 Å². The first-order chi connectivity index (χ1) is 13.4. The van der Waals surface area contributed by atoms with E-state index < -0.39 is 9.84 Å². The average Bonchev–Trinajstić information content (AvgIpc) is 3.47. The number of ether oxygens (including phenoxy) is 2. The molecule has 1 fully saturated rings. The minimum Gasteiger partial charge on any atom is -0.495 e. The Bertz CT molecular complexity index is 1040. The Morgan fingerprint density at radius 2 is 2.04 bits per heavy atom. The first-order valence-corrected chi connectivity index (χ1v) is 10.7. The lowest BCUT2D eigenvalue weighted by Gasteiger charge is -2.12. The number of nitrogens with zero attached hydrogens (tertiary/aromatic N) is 1. The standard InChI is InChI=1S/C20H21NO6S/c1-26-17-3-2-13(10-22)7-18(17)28(24,25)11-14-6-15-16(23)8-20(4-5-20)12-27-19(15)21-9-14/h2-3,6-7,9,22H,4-5,8,10-12H2,1H3. The Labute approximate surface area is 163 Å². The third kappa shape index (κ3) is 3.49. The van der Waals surface area contributed by atoms with E-state index in [1.807, 2.05) is 0 Å². The maximum atomic E-state index is 13.0. The van der Waals surface area contributed by atoms with Crippen LogP contribution in [0.25, 0.3) is 0 Å². The molecule has 0 amide bonds. The molecular formula is C20H21NO6S. The molecule has 1 aliphatic heterocycles. The number of hydrogen-bond acceptors (Lipinski definition) is 7. The lowest BCUT2D eigenvalue weighted by Crippen LogP contribution is -2.12. The van der Waals surface area contributed by atoms with E-state index in [-0.39, 0.29) is 40.1 Å². The van der Waals surface area contributed by atoms with Gasteiger partial charge in [0.25, 0.3) is 0 Å². The van der Waals surface area contributed by atoms with Gasteiger partial charge in [0.2, 0.25) is 5.88 Å². The van der Waals surface area contributed by atoms with E-state index in [0.29, 0.717) is 29.7 Å². The van der Waals surface area contributed by atoms with Crippen molar-refractivity contribution in [1.82, 2.24) is 4.98 Å². The normalized spacial score (nSPS) is 17.6. The molecule has 148 valence electrons. The third-order valence-corrected chi connectivity index (χ3v) is 7.02. The topological polar surface area (TPSA) is 103 Å². The highest BCUT2D eigenvalue weighted by atomic mass is 32.2. The summed E-state index contributed by atoms with van der Waals surface area (Å²) in [5.41, 5.74) is 1.14. The number of ketones is 1. The summed E-state index contributed by atoms with van der Waals surface area (Å²) >= 11 is 0. The van der Waals surface area contributed by atoms with E-state index in [4.69, 9.17) is 9.47 Å². The zero-order chi connectivity index (χ0) is 19.9. The average molecular weight is 403 g/mol. The Morgan fingerprint density at radius 3 is 2.71 bits per heavy atom. The fourth-order valence-electron chi connectivity index (χ4n) is 3.46. The van der Waals surface area contributed by atoms with Crippen LogP contribution < -0.4 is 9.47 Å². The van der Waals surface area contributed by atoms with Crippen LogP contribution in [-0.4, -0.2) is 38.0 Å². The molecule has 0 radical (unpaired) electrons. The fraction of sp³-hybridized carbons (Fsp3) is 0.400. The van der Waals surface area contributed by atoms with Crippen LogP contribution in [0.2, 0.25) is 0 Å². The number of aliphatic hydroxyl groups excluding tert-OH is 1. The highest BCUT2D eigenvalue weighted by molar-refractivity contribution is 7.90. The highest BCUT2D eigenvalue weighted by Gasteiger charge is 2.47. The largest absolute Gasteiger partial charge is 0.495 e. The molecule has 1 saturated carbocycles. The van der Waals surface area contributed by atoms with Gasteiger partial charge >= 0.3 is 0 Å². The number of benzene rings is 1. The molecule has 0 atom stereocenters. The van der Waals surface area contributed by atoms with Crippen LogP contribution in [0.1, 0.15) is 40.7 Å². The maximum Gasteiger partial charge on any atom is 0.224 e. The van der Waals surface area contributed by atoms with Crippen LogP contribution in [0, 0.1) is 5.41 Å². The van der Waals surface area contributed by atoms with Crippen molar-refractivity contribution in [3.63, 3.8) is 0 Å². The van der Waals surface area contributed by atoms with Crippen molar-refractivity contribution in [2.45, 2.75) is 36.5 Å². The zero-order valence-electron chi connectivity index (χ0n) is 15.5. The van der Waals surface area contributed by atoms with Crippen molar-refractivity contribution < 1.29 is 27.8 Å². The summed E-state index contributed by atoms with van der Waals surface area (Å²) in [6.45, 7) is 0.196. The predicted octanol–water partition coefficient (Wildman–Crippen LogP) is 2.30. The number of carbonyl (C=O) groups is 1. The Hall–Kier alpha value is -2.45. The second-order valence-electron chi connectivity index (χ2n) is 7.49. The Morgan fingerprint density at radius 1 is 1.25 bits per heavy atom. The Kier molecular flexibility index (Phi) is 4.63. The molecule has 1 aromatic carbocycles. The summed E-state index contributed by atoms with van der Waals surface area (Å²) in [5, 5.41) is 9.32. The molecule has 4 rings (SSSR count). The molecule has 2 aromatic rings. The predicted molar refractivity (Wildman–Crippen MR) is 100 cm³/mol. The summed E-state index contributed by atoms with van der Waals surface area (Å²) in [5.74, 6) is 0.0816. The summed E-state index contributed by atoms with van der Waals surface area (Å²) in [7, 11) is -2.39. The van der Waals surface area contributed by atoms with Gasteiger partial charge in [-0.05, 0) is 42.2 Å². The summed E-state index contributed by atoms with van der Waals surface area (Å²) in [4.78, 5) is 16.8. The van der Waals surface area contributed by atoms with Gasteiger partial charge in [-0.1, -0.05) is 6.07 Å². The van der Waals surface area contributed by atoms with Crippen LogP contribution >= 0.6 is 0 Å². The van der Waals surface area contributed by atoms with Crippen molar-refractivity contribution in [3.05, 3.63) is 47.2 Å². The number of pyridine rings is 1. The number of carbonyl (C=O) groups excluding carboxylic acids is 1. The molecule has 0 unspecified atom stereocenters. The van der Waals surface area contributed by atoms with Gasteiger partial charge in [-0.25, -0.2) is 13.4 Å². The quantitative estimate of drug-likeness (QED) is 0.817. The van der Waals surface area contributed by atoms with Crippen molar-refractivity contribution >= 4 is 15.6 Å². The number of rotatable bonds is 5. The number of Topliss-reactive ketones (excluding diaryl/α,β-unsaturated/α-hetero) is 1. The summed E-state index contributed by atoms with van der Waals surface area (Å²) < 4.78 is 36.8. The molecule has 1 N–H and O–H groups in total. The first-order valence-electron chi connectivity index (χ1n) is 9.01. The molecule has 2 heterocycles. The number of aliphatic hydroxyl groups is 1. The Balaban J connectivity index is 1.66. The molecular weight excluding hydrogens is 382 g/mol. The number of sulfone groups is 1. The monoisotopic (exact) mass is 403 g/mol. The lowest BCUT2D eigenvalue weighted by molar-refractivity contribution is 0.0954. The van der Waals surface area contributed by atoms with Crippen molar-refractivity contribution in [2.24, 2.45) is 5.41 Å². The van der Waals surface area contributed by atoms with Crippen LogP contribution in [0.4, 0.5) is 0 Å². The second kappa shape index (κ2) is 6.86. The van der Waals surface area contributed by atoms with Gasteiger partial charge in [-0.15, -0.1) is 0 Å². The number of hydrogen-bond donors (Lipinski definition) is 1. The third-order valence-electron chi connectivity index (χ3n) is 5.32. The van der Waals surface area contributed by atoms with Gasteiger partial charge in [-0.3, -0.25) is 4.79 Å². The first kappa shape index (κ1) is 18.9. The van der Waals surface area contributed by atoms with E-state index in [0.717, 1.165) is 12.8 Å². The van der Waals surface area contributed by atoms with E-state index in [9.17, 15) is 18.3 Å². The molecule has 0 saturated heterocycles. The molecule has 7 nitrogen and oxygen atoms in total. The number of methoxy groups -OCH3 is 1. The van der Waals surface area contributed by atoms with E-state index in [1.165, 1.54) is 25.4 Å². The molecule has 1 aliphatic carbocycles. The molecule has 1 aromatic heterocycles. The van der Waals surface area contributed by atoms with Gasteiger partial charge in [0.1, 0.15) is 10.6 Å². The lowest BCUT2D eigenvalue weighted by atomic mass is 9.98. The van der Waals surface area contributed by atoms with E-state index >= 15 is 0 Å². The van der Waals surface area contributed by atoms with Gasteiger partial charge in [0, 0.05) is 18.0 Å². The maximum absolute atomic E-state index is 13.0. The molecule has 1 spiro atoms. The SMILES string of the molecule is COc1ccc(CO)cc1S(=O)(=O)Cc1cnc2c(c1)C(=O)CC1(CC1)CO2. The minimum atomic E-state index is -3.78. The molecule has 8 heteroatoms. The number of aromatic nitrogens is 1. The van der Waals surface area contributed by atoms with Gasteiger partial charge in [-0.2, -0.15) is 0 Å². The van der Waals surface area contributed by atoms with Crippen molar-refractivity contribution in [1.29, 1.82) is 0 Å². The zero-order valence-corrected chi connectivity index (χ0v) is 16.3. The summed E-state index contributed by atoms with van der Waals surface area (Å²) in [6, 6.07) is 6.08. The van der Waals surface area contributed by atoms with Crippen molar-refractivity contribution in [3.8, 4) is 11.6 Å². The van der Waals surface area contributed by atoms with E-state index in [1.54, 1.807) is 12.1 Å². The minimum absolute atomic E-state index is 0.00370. The smallest absolute Gasteiger partial charge is 0.224 e. The second-order valence-corrected chi connectivity index (χ2v) is 9.45. The molecule has 28 heavy (non-hydrogen) atoms. The van der Waals surface area contributed by atoms with Gasteiger partial charge in [0.15, 0.2) is 15.6 Å². The van der Waals surface area contributed by atoms with Crippen molar-refractivity contribution in [2.75, 3.05) is 13.7 Å². The number of fused-ring (bicyclic) bond motifs is 1. The molecule has 0 bridgehead atoms. The highest BCUT2D eigenvalue weighted by Crippen LogP contribution is 2.51. The van der Waals surface area contributed by atoms with Gasteiger partial charge in [0.05, 0.1) is 31.6 Å². The molecule has 2 aliphatic rings. The fourth-order valence-corrected chi connectivity index (χ4v) is 5.00. The van der Waals surface area contributed by atoms with E-state index in [2.05, 4.69) is 4.98 Å². The van der Waals surface area contributed by atoms with Crippen LogP contribution in [0.15, 0.2) is 35.4 Å². The van der Waals surface area contributed by atoms with Crippen LogP contribution in [-0.2, 0) is 22.2 Å². The van der Waals surface area contributed by atoms with Crippen LogP contribution in [0.3, 0.4) is 0 Å². The summed E-state index contributed by atoms with van der Waals surface area (Å²) in [6.07, 6.45) is 3.77.